The van der Waals surface area contributed by atoms with Crippen LogP contribution < -0.4 is 14.2 Å². The molecule has 0 saturated carbocycles. The van der Waals surface area contributed by atoms with Crippen molar-refractivity contribution in [2.24, 2.45) is 0 Å². The molecule has 3 aromatic carbocycles. The molecule has 0 aliphatic rings. The van der Waals surface area contributed by atoms with Gasteiger partial charge in [0, 0.05) is 23.6 Å². The lowest BCUT2D eigenvalue weighted by molar-refractivity contribution is 0.367. The molecule has 0 spiro atoms. The number of benzene rings is 3. The average molecular weight is 348 g/mol. The fraction of sp³-hybridized carbons (Fsp3) is 0.217. The third-order valence-electron chi connectivity index (χ3n) is 4.70. The van der Waals surface area contributed by atoms with Gasteiger partial charge in [0.2, 0.25) is 0 Å². The van der Waals surface area contributed by atoms with E-state index in [0.717, 1.165) is 17.1 Å². The normalized spacial score (nSPS) is 11.7. The number of rotatable bonds is 6. The van der Waals surface area contributed by atoms with Crippen LogP contribution in [0.5, 0.6) is 17.2 Å². The van der Waals surface area contributed by atoms with Crippen molar-refractivity contribution < 1.29 is 14.2 Å². The summed E-state index contributed by atoms with van der Waals surface area (Å²) >= 11 is 0. The molecule has 0 amide bonds. The van der Waals surface area contributed by atoms with Gasteiger partial charge in [-0.2, -0.15) is 0 Å². The van der Waals surface area contributed by atoms with Gasteiger partial charge < -0.3 is 14.2 Å². The zero-order chi connectivity index (χ0) is 18.5. The maximum absolute atomic E-state index is 5.61. The standard InChI is InChI=1S/C23H24O3/c1-16(23-21(25-3)14-20(24-2)15-22(23)26-4)17-10-12-19(13-11-17)18-8-6-5-7-9-18/h5-16H,1-4H3. The number of methoxy groups -OCH3 is 3. The molecule has 0 heterocycles. The van der Waals surface area contributed by atoms with Gasteiger partial charge in [-0.3, -0.25) is 0 Å². The minimum absolute atomic E-state index is 0.121. The molecule has 0 saturated heterocycles. The Morgan fingerprint density at radius 3 is 1.69 bits per heavy atom. The van der Waals surface area contributed by atoms with Gasteiger partial charge in [0.1, 0.15) is 17.2 Å². The molecule has 26 heavy (non-hydrogen) atoms. The molecule has 3 nitrogen and oxygen atoms in total. The Kier molecular flexibility index (Phi) is 5.47. The van der Waals surface area contributed by atoms with E-state index < -0.39 is 0 Å². The van der Waals surface area contributed by atoms with E-state index in [9.17, 15) is 0 Å². The van der Waals surface area contributed by atoms with Gasteiger partial charge in [-0.15, -0.1) is 0 Å². The fourth-order valence-electron chi connectivity index (χ4n) is 3.22. The van der Waals surface area contributed by atoms with E-state index in [1.807, 2.05) is 18.2 Å². The molecule has 0 fully saturated rings. The maximum atomic E-state index is 5.61. The molecule has 0 radical (unpaired) electrons. The van der Waals surface area contributed by atoms with E-state index >= 15 is 0 Å². The molecule has 3 aromatic rings. The third-order valence-corrected chi connectivity index (χ3v) is 4.70. The van der Waals surface area contributed by atoms with Gasteiger partial charge in [-0.05, 0) is 16.7 Å². The zero-order valence-corrected chi connectivity index (χ0v) is 15.7. The van der Waals surface area contributed by atoms with Crippen LogP contribution in [0.15, 0.2) is 66.7 Å². The van der Waals surface area contributed by atoms with Crippen molar-refractivity contribution in [3.8, 4) is 28.4 Å². The second-order valence-electron chi connectivity index (χ2n) is 6.16. The largest absolute Gasteiger partial charge is 0.496 e. The summed E-state index contributed by atoms with van der Waals surface area (Å²) in [6, 6.07) is 22.8. The van der Waals surface area contributed by atoms with Crippen molar-refractivity contribution in [3.63, 3.8) is 0 Å². The maximum Gasteiger partial charge on any atom is 0.130 e. The van der Waals surface area contributed by atoms with Crippen LogP contribution in [0.4, 0.5) is 0 Å². The minimum Gasteiger partial charge on any atom is -0.496 e. The Labute approximate surface area is 155 Å². The summed E-state index contributed by atoms with van der Waals surface area (Å²) in [5, 5.41) is 0. The SMILES string of the molecule is COc1cc(OC)c(C(C)c2ccc(-c3ccccc3)cc2)c(OC)c1. The lowest BCUT2D eigenvalue weighted by Crippen LogP contribution is -2.03. The highest BCUT2D eigenvalue weighted by Gasteiger charge is 2.20. The molecule has 0 aromatic heterocycles. The highest BCUT2D eigenvalue weighted by Crippen LogP contribution is 2.41. The highest BCUT2D eigenvalue weighted by molar-refractivity contribution is 5.64. The lowest BCUT2D eigenvalue weighted by atomic mass is 9.90. The second kappa shape index (κ2) is 7.96. The predicted octanol–water partition coefficient (Wildman–Crippen LogP) is 5.53. The van der Waals surface area contributed by atoms with Gasteiger partial charge >= 0.3 is 0 Å². The molecule has 3 heteroatoms. The van der Waals surface area contributed by atoms with E-state index in [-0.39, 0.29) is 5.92 Å². The molecule has 134 valence electrons. The summed E-state index contributed by atoms with van der Waals surface area (Å²) in [6.45, 7) is 2.16. The molecule has 0 aliphatic carbocycles. The first-order valence-corrected chi connectivity index (χ1v) is 8.63. The van der Waals surface area contributed by atoms with E-state index in [2.05, 4.69) is 55.5 Å². The molecular formula is C23H24O3. The van der Waals surface area contributed by atoms with Crippen molar-refractivity contribution >= 4 is 0 Å². The molecular weight excluding hydrogens is 324 g/mol. The number of ether oxygens (including phenoxy) is 3. The summed E-state index contributed by atoms with van der Waals surface area (Å²) < 4.78 is 16.6. The van der Waals surface area contributed by atoms with Crippen molar-refractivity contribution in [3.05, 3.63) is 77.9 Å². The van der Waals surface area contributed by atoms with Crippen LogP contribution in [0, 0.1) is 0 Å². The van der Waals surface area contributed by atoms with Crippen LogP contribution in [0.3, 0.4) is 0 Å². The van der Waals surface area contributed by atoms with Crippen LogP contribution in [0.1, 0.15) is 24.0 Å². The van der Waals surface area contributed by atoms with Gasteiger partial charge in [0.05, 0.1) is 21.3 Å². The van der Waals surface area contributed by atoms with Gasteiger partial charge in [-0.25, -0.2) is 0 Å². The molecule has 0 N–H and O–H groups in total. The highest BCUT2D eigenvalue weighted by atomic mass is 16.5. The Hall–Kier alpha value is -2.94. The van der Waals surface area contributed by atoms with Crippen molar-refractivity contribution in [2.75, 3.05) is 21.3 Å². The summed E-state index contributed by atoms with van der Waals surface area (Å²) in [5.74, 6) is 2.37. The monoisotopic (exact) mass is 348 g/mol. The van der Waals surface area contributed by atoms with E-state index in [0.29, 0.717) is 5.75 Å². The van der Waals surface area contributed by atoms with E-state index in [1.165, 1.54) is 16.7 Å². The van der Waals surface area contributed by atoms with Crippen LogP contribution in [0.2, 0.25) is 0 Å². The van der Waals surface area contributed by atoms with Crippen LogP contribution in [-0.4, -0.2) is 21.3 Å². The molecule has 3 rings (SSSR count). The smallest absolute Gasteiger partial charge is 0.130 e. The van der Waals surface area contributed by atoms with E-state index in [4.69, 9.17) is 14.2 Å². The Morgan fingerprint density at radius 2 is 1.19 bits per heavy atom. The Balaban J connectivity index is 1.98. The summed E-state index contributed by atoms with van der Waals surface area (Å²) in [6.07, 6.45) is 0. The Morgan fingerprint density at radius 1 is 0.654 bits per heavy atom. The molecule has 1 unspecified atom stereocenters. The summed E-state index contributed by atoms with van der Waals surface area (Å²) in [5.41, 5.74) is 4.64. The third kappa shape index (κ3) is 3.52. The van der Waals surface area contributed by atoms with Crippen LogP contribution >= 0.6 is 0 Å². The summed E-state index contributed by atoms with van der Waals surface area (Å²) in [4.78, 5) is 0. The second-order valence-corrected chi connectivity index (χ2v) is 6.16. The summed E-state index contributed by atoms with van der Waals surface area (Å²) in [7, 11) is 4.98. The first-order valence-electron chi connectivity index (χ1n) is 8.63. The predicted molar refractivity (Wildman–Crippen MR) is 105 cm³/mol. The van der Waals surface area contributed by atoms with Crippen molar-refractivity contribution in [1.29, 1.82) is 0 Å². The number of hydrogen-bond donors (Lipinski definition) is 0. The van der Waals surface area contributed by atoms with Crippen molar-refractivity contribution in [2.45, 2.75) is 12.8 Å². The van der Waals surface area contributed by atoms with E-state index in [1.54, 1.807) is 21.3 Å². The first-order chi connectivity index (χ1) is 12.7. The molecule has 0 aliphatic heterocycles. The number of hydrogen-bond acceptors (Lipinski definition) is 3. The fourth-order valence-corrected chi connectivity index (χ4v) is 3.22. The van der Waals surface area contributed by atoms with Crippen molar-refractivity contribution in [1.82, 2.24) is 0 Å². The topological polar surface area (TPSA) is 27.7 Å². The van der Waals surface area contributed by atoms with Gasteiger partial charge in [-0.1, -0.05) is 61.5 Å². The molecule has 0 bridgehead atoms. The van der Waals surface area contributed by atoms with Gasteiger partial charge in [0.15, 0.2) is 0 Å². The first kappa shape index (κ1) is 17.9. The van der Waals surface area contributed by atoms with Crippen LogP contribution in [0.25, 0.3) is 11.1 Å². The quantitative estimate of drug-likeness (QED) is 0.586. The minimum atomic E-state index is 0.121. The zero-order valence-electron chi connectivity index (χ0n) is 15.7. The van der Waals surface area contributed by atoms with Gasteiger partial charge in [0.25, 0.3) is 0 Å². The molecule has 1 atom stereocenters. The Bertz CT molecular complexity index is 829. The van der Waals surface area contributed by atoms with Crippen LogP contribution in [-0.2, 0) is 0 Å². The average Bonchev–Trinajstić information content (AvgIpc) is 2.72. The lowest BCUT2D eigenvalue weighted by Gasteiger charge is -2.20.